The lowest BCUT2D eigenvalue weighted by Crippen LogP contribution is -2.45. The third-order valence-electron chi connectivity index (χ3n) is 6.56. The number of nitrogens with zero attached hydrogens (tertiary/aromatic N) is 1. The van der Waals surface area contributed by atoms with Crippen LogP contribution in [0, 0.1) is 6.92 Å². The first-order valence-electron chi connectivity index (χ1n) is 12.4. The van der Waals surface area contributed by atoms with Crippen molar-refractivity contribution in [2.24, 2.45) is 0 Å². The molecule has 2 heterocycles. The quantitative estimate of drug-likeness (QED) is 0.361. The molecule has 0 radical (unpaired) electrons. The number of rotatable bonds is 9. The minimum atomic E-state index is -0.451. The van der Waals surface area contributed by atoms with Crippen LogP contribution >= 0.6 is 0 Å². The van der Waals surface area contributed by atoms with E-state index in [1.54, 1.807) is 19.1 Å². The summed E-state index contributed by atoms with van der Waals surface area (Å²) in [4.78, 5) is 39.0. The molecular formula is C28H32N2O6. The van der Waals surface area contributed by atoms with Gasteiger partial charge in [-0.3, -0.25) is 4.79 Å². The van der Waals surface area contributed by atoms with Gasteiger partial charge in [0, 0.05) is 48.3 Å². The van der Waals surface area contributed by atoms with Gasteiger partial charge < -0.3 is 24.1 Å². The van der Waals surface area contributed by atoms with Crippen molar-refractivity contribution in [3.05, 3.63) is 75.6 Å². The molecule has 1 saturated heterocycles. The Bertz CT molecular complexity index is 1260. The van der Waals surface area contributed by atoms with E-state index in [2.05, 4.69) is 10.2 Å². The molecule has 0 bridgehead atoms. The number of nitrogens with one attached hydrogen (secondary N) is 1. The van der Waals surface area contributed by atoms with E-state index in [0.717, 1.165) is 43.4 Å². The molecule has 1 aliphatic rings. The minimum Gasteiger partial charge on any atom is -0.482 e. The maximum Gasteiger partial charge on any atom is 0.344 e. The van der Waals surface area contributed by atoms with Gasteiger partial charge in [-0.1, -0.05) is 18.2 Å². The van der Waals surface area contributed by atoms with Crippen LogP contribution in [0.25, 0.3) is 11.0 Å². The lowest BCUT2D eigenvalue weighted by Gasteiger charge is -2.32. The highest BCUT2D eigenvalue weighted by Gasteiger charge is 2.22. The fourth-order valence-electron chi connectivity index (χ4n) is 4.53. The molecule has 0 atom stereocenters. The standard InChI is InChI=1S/C28H32N2O6/c1-3-34-26(31)18-35-22-9-10-23-19(2)24(28(33)36-25(23)17-22)13-16-30-14-11-21(12-15-30)29-27(32)20-7-5-4-6-8-20/h4-10,17,21H,3,11-16,18H2,1-2H3,(H,29,32). The predicted octanol–water partition coefficient (Wildman–Crippen LogP) is 3.48. The van der Waals surface area contributed by atoms with Crippen molar-refractivity contribution in [3.63, 3.8) is 0 Å². The van der Waals surface area contributed by atoms with Gasteiger partial charge in [0.2, 0.25) is 0 Å². The zero-order valence-electron chi connectivity index (χ0n) is 20.7. The van der Waals surface area contributed by atoms with Crippen LogP contribution in [0.3, 0.4) is 0 Å². The van der Waals surface area contributed by atoms with Crippen LogP contribution in [0.4, 0.5) is 0 Å². The highest BCUT2D eigenvalue weighted by Crippen LogP contribution is 2.25. The van der Waals surface area contributed by atoms with Crippen molar-refractivity contribution in [2.45, 2.75) is 39.2 Å². The van der Waals surface area contributed by atoms with Gasteiger partial charge in [-0.05, 0) is 62.9 Å². The van der Waals surface area contributed by atoms with Crippen molar-refractivity contribution >= 4 is 22.8 Å². The molecule has 0 spiro atoms. The number of carbonyl (C=O) groups is 2. The number of amides is 1. The van der Waals surface area contributed by atoms with Crippen molar-refractivity contribution in [2.75, 3.05) is 32.8 Å². The summed E-state index contributed by atoms with van der Waals surface area (Å²) in [6.45, 7) is 6.22. The number of hydrogen-bond acceptors (Lipinski definition) is 7. The lowest BCUT2D eigenvalue weighted by atomic mass is 10.0. The van der Waals surface area contributed by atoms with Crippen LogP contribution in [0.5, 0.6) is 5.75 Å². The molecule has 0 saturated carbocycles. The molecule has 0 unspecified atom stereocenters. The normalized spacial score (nSPS) is 14.5. The Kier molecular flexibility index (Phi) is 8.38. The maximum absolute atomic E-state index is 12.7. The first-order valence-corrected chi connectivity index (χ1v) is 12.4. The minimum absolute atomic E-state index is 0.0344. The van der Waals surface area contributed by atoms with Gasteiger partial charge in [-0.2, -0.15) is 0 Å². The van der Waals surface area contributed by atoms with Crippen molar-refractivity contribution in [1.82, 2.24) is 10.2 Å². The van der Waals surface area contributed by atoms with Crippen molar-refractivity contribution < 1.29 is 23.5 Å². The molecule has 1 aromatic heterocycles. The largest absolute Gasteiger partial charge is 0.482 e. The summed E-state index contributed by atoms with van der Waals surface area (Å²) in [6.07, 6.45) is 2.34. The summed E-state index contributed by atoms with van der Waals surface area (Å²) in [5, 5.41) is 3.97. The highest BCUT2D eigenvalue weighted by atomic mass is 16.6. The molecule has 1 amide bonds. The summed E-state index contributed by atoms with van der Waals surface area (Å²) >= 11 is 0. The van der Waals surface area contributed by atoms with Gasteiger partial charge in [-0.25, -0.2) is 9.59 Å². The number of benzene rings is 2. The summed E-state index contributed by atoms with van der Waals surface area (Å²) in [5.74, 6) is -0.0471. The topological polar surface area (TPSA) is 98.1 Å². The van der Waals surface area contributed by atoms with Gasteiger partial charge >= 0.3 is 11.6 Å². The predicted molar refractivity (Wildman–Crippen MR) is 136 cm³/mol. The third kappa shape index (κ3) is 6.31. The number of esters is 1. The molecule has 190 valence electrons. The lowest BCUT2D eigenvalue weighted by molar-refractivity contribution is -0.145. The maximum atomic E-state index is 12.7. The Morgan fingerprint density at radius 2 is 1.86 bits per heavy atom. The second kappa shape index (κ2) is 11.9. The van der Waals surface area contributed by atoms with E-state index in [-0.39, 0.29) is 24.2 Å². The fraction of sp³-hybridized carbons (Fsp3) is 0.393. The number of fused-ring (bicyclic) bond motifs is 1. The first-order chi connectivity index (χ1) is 17.4. The van der Waals surface area contributed by atoms with Crippen LogP contribution in [0.1, 0.15) is 41.3 Å². The zero-order valence-corrected chi connectivity index (χ0v) is 20.7. The summed E-state index contributed by atoms with van der Waals surface area (Å²) in [5.41, 5.74) is 2.31. The molecule has 4 rings (SSSR count). The molecule has 0 aliphatic carbocycles. The van der Waals surface area contributed by atoms with E-state index in [1.165, 1.54) is 0 Å². The summed E-state index contributed by atoms with van der Waals surface area (Å²) in [7, 11) is 0. The van der Waals surface area contributed by atoms with E-state index >= 15 is 0 Å². The Morgan fingerprint density at radius 1 is 1.11 bits per heavy atom. The number of piperidine rings is 1. The van der Waals surface area contributed by atoms with Crippen LogP contribution in [0.15, 0.2) is 57.7 Å². The number of hydrogen-bond donors (Lipinski definition) is 1. The molecule has 1 fully saturated rings. The molecule has 1 N–H and O–H groups in total. The number of likely N-dealkylation sites (tertiary alicyclic amines) is 1. The van der Waals surface area contributed by atoms with Gasteiger partial charge in [0.1, 0.15) is 11.3 Å². The Morgan fingerprint density at radius 3 is 2.58 bits per heavy atom. The zero-order chi connectivity index (χ0) is 25.5. The molecule has 36 heavy (non-hydrogen) atoms. The molecule has 1 aliphatic heterocycles. The first kappa shape index (κ1) is 25.4. The van der Waals surface area contributed by atoms with Crippen LogP contribution < -0.4 is 15.7 Å². The highest BCUT2D eigenvalue weighted by molar-refractivity contribution is 5.94. The van der Waals surface area contributed by atoms with Gasteiger partial charge in [-0.15, -0.1) is 0 Å². The Labute approximate surface area is 210 Å². The summed E-state index contributed by atoms with van der Waals surface area (Å²) < 4.78 is 15.9. The molecular weight excluding hydrogens is 460 g/mol. The molecule has 2 aromatic carbocycles. The van der Waals surface area contributed by atoms with Crippen LogP contribution in [-0.4, -0.2) is 55.7 Å². The smallest absolute Gasteiger partial charge is 0.344 e. The second-order valence-electron chi connectivity index (χ2n) is 8.95. The Balaban J connectivity index is 1.32. The van der Waals surface area contributed by atoms with Gasteiger partial charge in [0.05, 0.1) is 6.61 Å². The molecule has 8 heteroatoms. The third-order valence-corrected chi connectivity index (χ3v) is 6.56. The fourth-order valence-corrected chi connectivity index (χ4v) is 4.53. The Hall–Kier alpha value is -3.65. The van der Waals surface area contributed by atoms with E-state index < -0.39 is 5.97 Å². The average molecular weight is 493 g/mol. The van der Waals surface area contributed by atoms with Crippen LogP contribution in [0.2, 0.25) is 0 Å². The number of carbonyl (C=O) groups excluding carboxylic acids is 2. The molecule has 8 nitrogen and oxygen atoms in total. The van der Waals surface area contributed by atoms with Crippen molar-refractivity contribution in [3.8, 4) is 5.75 Å². The van der Waals surface area contributed by atoms with Crippen molar-refractivity contribution in [1.29, 1.82) is 0 Å². The number of aryl methyl sites for hydroxylation is 1. The van der Waals surface area contributed by atoms with E-state index in [4.69, 9.17) is 13.9 Å². The van der Waals surface area contributed by atoms with E-state index in [1.807, 2.05) is 43.3 Å². The second-order valence-corrected chi connectivity index (χ2v) is 8.95. The van der Waals surface area contributed by atoms with E-state index in [0.29, 0.717) is 35.5 Å². The van der Waals surface area contributed by atoms with Gasteiger partial charge in [0.15, 0.2) is 6.61 Å². The van der Waals surface area contributed by atoms with Gasteiger partial charge in [0.25, 0.3) is 5.91 Å². The SMILES string of the molecule is CCOC(=O)COc1ccc2c(C)c(CCN3CCC(NC(=O)c4ccccc4)CC3)c(=O)oc2c1. The average Bonchev–Trinajstić information content (AvgIpc) is 2.89. The van der Waals surface area contributed by atoms with Crippen LogP contribution in [-0.2, 0) is 16.0 Å². The summed E-state index contributed by atoms with van der Waals surface area (Å²) in [6, 6.07) is 14.6. The molecule has 3 aromatic rings. The number of ether oxygens (including phenoxy) is 2. The monoisotopic (exact) mass is 492 g/mol. The van der Waals surface area contributed by atoms with E-state index in [9.17, 15) is 14.4 Å².